The minimum atomic E-state index is -0.751. The van der Waals surface area contributed by atoms with Crippen molar-refractivity contribution in [2.75, 3.05) is 13.1 Å². The molecule has 4 amide bonds. The van der Waals surface area contributed by atoms with E-state index in [-0.39, 0.29) is 18.4 Å². The highest BCUT2D eigenvalue weighted by Crippen LogP contribution is 2.34. The Morgan fingerprint density at radius 1 is 1.25 bits per heavy atom. The molecule has 24 heavy (non-hydrogen) atoms. The maximum atomic E-state index is 12.5. The molecule has 128 valence electrons. The summed E-state index contributed by atoms with van der Waals surface area (Å²) < 4.78 is 0. The molecule has 6 heteroatoms. The van der Waals surface area contributed by atoms with E-state index in [0.29, 0.717) is 19.4 Å². The first-order valence-electron chi connectivity index (χ1n) is 8.47. The second-order valence-electron chi connectivity index (χ2n) is 6.64. The molecule has 0 aromatic heterocycles. The van der Waals surface area contributed by atoms with E-state index in [0.717, 1.165) is 24.2 Å². The van der Waals surface area contributed by atoms with Gasteiger partial charge in [-0.15, -0.1) is 0 Å². The first-order chi connectivity index (χ1) is 11.5. The van der Waals surface area contributed by atoms with Gasteiger partial charge in [-0.25, -0.2) is 4.79 Å². The fraction of sp³-hybridized carbons (Fsp3) is 0.500. The first kappa shape index (κ1) is 16.5. The molecule has 3 rings (SSSR count). The lowest BCUT2D eigenvalue weighted by Gasteiger charge is -2.19. The van der Waals surface area contributed by atoms with Crippen molar-refractivity contribution in [1.82, 2.24) is 15.5 Å². The lowest BCUT2D eigenvalue weighted by molar-refractivity contribution is -0.134. The Bertz CT molecular complexity index is 665. The number of amides is 4. The Kier molecular flexibility index (Phi) is 4.55. The number of nitrogens with one attached hydrogen (secondary N) is 2. The number of rotatable bonds is 5. The number of imide groups is 1. The van der Waals surface area contributed by atoms with E-state index in [1.54, 1.807) is 0 Å². The summed E-state index contributed by atoms with van der Waals surface area (Å²) in [7, 11) is 0. The molecule has 6 nitrogen and oxygen atoms in total. The zero-order chi connectivity index (χ0) is 17.2. The zero-order valence-corrected chi connectivity index (χ0v) is 13.9. The normalized spacial score (nSPS) is 19.0. The minimum absolute atomic E-state index is 0.208. The lowest BCUT2D eigenvalue weighted by Crippen LogP contribution is -2.45. The summed E-state index contributed by atoms with van der Waals surface area (Å²) >= 11 is 0. The quantitative estimate of drug-likeness (QED) is 0.804. The van der Waals surface area contributed by atoms with E-state index in [4.69, 9.17) is 0 Å². The van der Waals surface area contributed by atoms with Gasteiger partial charge >= 0.3 is 6.03 Å². The highest BCUT2D eigenvalue weighted by atomic mass is 16.2. The second-order valence-corrected chi connectivity index (χ2v) is 6.64. The molecule has 1 heterocycles. The number of benzene rings is 1. The van der Waals surface area contributed by atoms with Crippen LogP contribution in [0, 0.1) is 6.92 Å². The standard InChI is InChI=1S/C18H23N3O3/c1-13-6-2-3-7-14(13)8-11-19-15(22)12-21-16(23)18(20-17(21)24)9-4-5-10-18/h2-3,6-7H,4-5,8-12H2,1H3,(H,19,22)(H,20,24). The molecule has 0 atom stereocenters. The molecule has 1 aromatic carbocycles. The van der Waals surface area contributed by atoms with Crippen molar-refractivity contribution in [2.45, 2.75) is 44.6 Å². The topological polar surface area (TPSA) is 78.5 Å². The molecule has 2 N–H and O–H groups in total. The molecule has 1 aromatic rings. The van der Waals surface area contributed by atoms with Gasteiger partial charge in [-0.3, -0.25) is 14.5 Å². The Morgan fingerprint density at radius 2 is 1.96 bits per heavy atom. The van der Waals surface area contributed by atoms with Gasteiger partial charge in [0, 0.05) is 6.54 Å². The molecular weight excluding hydrogens is 306 g/mol. The molecule has 1 spiro atoms. The van der Waals surface area contributed by atoms with Crippen LogP contribution < -0.4 is 10.6 Å². The predicted molar refractivity (Wildman–Crippen MR) is 89.3 cm³/mol. The number of aryl methyl sites for hydroxylation is 1. The van der Waals surface area contributed by atoms with Crippen LogP contribution in [0.2, 0.25) is 0 Å². The maximum Gasteiger partial charge on any atom is 0.325 e. The number of hydrogen-bond acceptors (Lipinski definition) is 3. The largest absolute Gasteiger partial charge is 0.354 e. The van der Waals surface area contributed by atoms with Crippen molar-refractivity contribution in [3.63, 3.8) is 0 Å². The molecule has 1 aliphatic carbocycles. The molecule has 1 aliphatic heterocycles. The van der Waals surface area contributed by atoms with E-state index in [1.807, 2.05) is 31.2 Å². The third-order valence-corrected chi connectivity index (χ3v) is 4.98. The van der Waals surface area contributed by atoms with Crippen molar-refractivity contribution in [2.24, 2.45) is 0 Å². The third-order valence-electron chi connectivity index (χ3n) is 4.98. The molecule has 0 radical (unpaired) electrons. The van der Waals surface area contributed by atoms with Gasteiger partial charge in [-0.05, 0) is 37.3 Å². The van der Waals surface area contributed by atoms with Gasteiger partial charge in [0.1, 0.15) is 12.1 Å². The fourth-order valence-corrected chi connectivity index (χ4v) is 3.56. The zero-order valence-electron chi connectivity index (χ0n) is 13.9. The van der Waals surface area contributed by atoms with Crippen molar-refractivity contribution < 1.29 is 14.4 Å². The fourth-order valence-electron chi connectivity index (χ4n) is 3.56. The van der Waals surface area contributed by atoms with Crippen LogP contribution >= 0.6 is 0 Å². The lowest BCUT2D eigenvalue weighted by atomic mass is 9.98. The predicted octanol–water partition coefficient (Wildman–Crippen LogP) is 1.52. The Morgan fingerprint density at radius 3 is 2.67 bits per heavy atom. The van der Waals surface area contributed by atoms with E-state index in [1.165, 1.54) is 11.1 Å². The van der Waals surface area contributed by atoms with Gasteiger partial charge in [-0.2, -0.15) is 0 Å². The van der Waals surface area contributed by atoms with Crippen LogP contribution in [-0.2, 0) is 16.0 Å². The average molecular weight is 329 g/mol. The van der Waals surface area contributed by atoms with Gasteiger partial charge in [0.05, 0.1) is 0 Å². The SMILES string of the molecule is Cc1ccccc1CCNC(=O)CN1C(=O)NC2(CCCC2)C1=O. The monoisotopic (exact) mass is 329 g/mol. The van der Waals surface area contributed by atoms with Crippen LogP contribution in [0.15, 0.2) is 24.3 Å². The summed E-state index contributed by atoms with van der Waals surface area (Å²) in [6.45, 7) is 2.31. The molecule has 1 saturated heterocycles. The van der Waals surface area contributed by atoms with Gasteiger partial charge in [0.2, 0.25) is 5.91 Å². The number of carbonyl (C=O) groups excluding carboxylic acids is 3. The van der Waals surface area contributed by atoms with Crippen LogP contribution in [0.1, 0.15) is 36.8 Å². The van der Waals surface area contributed by atoms with E-state index in [2.05, 4.69) is 10.6 Å². The summed E-state index contributed by atoms with van der Waals surface area (Å²) in [6.07, 6.45) is 3.93. The van der Waals surface area contributed by atoms with Crippen LogP contribution in [0.5, 0.6) is 0 Å². The van der Waals surface area contributed by atoms with Gasteiger partial charge in [0.15, 0.2) is 0 Å². The highest BCUT2D eigenvalue weighted by molar-refractivity contribution is 6.09. The summed E-state index contributed by atoms with van der Waals surface area (Å²) in [4.78, 5) is 37.6. The summed E-state index contributed by atoms with van der Waals surface area (Å²) in [5.74, 6) is -0.554. The van der Waals surface area contributed by atoms with Gasteiger partial charge in [-0.1, -0.05) is 37.1 Å². The van der Waals surface area contributed by atoms with Gasteiger partial charge in [0.25, 0.3) is 5.91 Å². The molecule has 0 bridgehead atoms. The summed E-state index contributed by atoms with van der Waals surface area (Å²) in [6, 6.07) is 7.57. The van der Waals surface area contributed by atoms with Crippen LogP contribution in [0.25, 0.3) is 0 Å². The number of hydrogen-bond donors (Lipinski definition) is 2. The molecular formula is C18H23N3O3. The van der Waals surface area contributed by atoms with Crippen LogP contribution in [-0.4, -0.2) is 41.4 Å². The number of nitrogens with zero attached hydrogens (tertiary/aromatic N) is 1. The molecule has 2 aliphatic rings. The van der Waals surface area contributed by atoms with E-state index in [9.17, 15) is 14.4 Å². The van der Waals surface area contributed by atoms with Crippen LogP contribution in [0.3, 0.4) is 0 Å². The number of urea groups is 1. The van der Waals surface area contributed by atoms with E-state index >= 15 is 0 Å². The Balaban J connectivity index is 1.51. The van der Waals surface area contributed by atoms with Crippen LogP contribution in [0.4, 0.5) is 4.79 Å². The smallest absolute Gasteiger partial charge is 0.325 e. The molecule has 1 saturated carbocycles. The van der Waals surface area contributed by atoms with Crippen molar-refractivity contribution >= 4 is 17.8 Å². The average Bonchev–Trinajstić information content (AvgIpc) is 3.11. The summed E-state index contributed by atoms with van der Waals surface area (Å²) in [5, 5.41) is 5.57. The second kappa shape index (κ2) is 6.63. The van der Waals surface area contributed by atoms with Crippen molar-refractivity contribution in [3.8, 4) is 0 Å². The third kappa shape index (κ3) is 3.13. The van der Waals surface area contributed by atoms with Crippen molar-refractivity contribution in [1.29, 1.82) is 0 Å². The highest BCUT2D eigenvalue weighted by Gasteiger charge is 2.52. The number of carbonyl (C=O) groups is 3. The minimum Gasteiger partial charge on any atom is -0.354 e. The Hall–Kier alpha value is -2.37. The Labute approximate surface area is 141 Å². The molecule has 2 fully saturated rings. The summed E-state index contributed by atoms with van der Waals surface area (Å²) in [5.41, 5.74) is 1.61. The van der Waals surface area contributed by atoms with Gasteiger partial charge < -0.3 is 10.6 Å². The maximum absolute atomic E-state index is 12.5. The first-order valence-corrected chi connectivity index (χ1v) is 8.47. The van der Waals surface area contributed by atoms with Crippen molar-refractivity contribution in [3.05, 3.63) is 35.4 Å². The molecule has 0 unspecified atom stereocenters. The van der Waals surface area contributed by atoms with E-state index < -0.39 is 11.6 Å².